The van der Waals surface area contributed by atoms with Gasteiger partial charge in [0.05, 0.1) is 27.4 Å². The van der Waals surface area contributed by atoms with Crippen molar-refractivity contribution in [1.29, 1.82) is 0 Å². The fourth-order valence-electron chi connectivity index (χ4n) is 5.57. The van der Waals surface area contributed by atoms with Gasteiger partial charge in [-0.2, -0.15) is 0 Å². The van der Waals surface area contributed by atoms with Gasteiger partial charge in [0.2, 0.25) is 0 Å². The normalized spacial score (nSPS) is 15.1. The molecule has 45 heavy (non-hydrogen) atoms. The lowest BCUT2D eigenvalue weighted by Gasteiger charge is -2.17. The van der Waals surface area contributed by atoms with E-state index in [0.29, 0.717) is 36.2 Å². The number of ether oxygens (including phenoxy) is 4. The van der Waals surface area contributed by atoms with E-state index in [2.05, 4.69) is 0 Å². The van der Waals surface area contributed by atoms with Crippen LogP contribution < -0.4 is 18.9 Å². The summed E-state index contributed by atoms with van der Waals surface area (Å²) in [6.07, 6.45) is 19.0. The fourth-order valence-corrected chi connectivity index (χ4v) is 5.57. The average Bonchev–Trinajstić information content (AvgIpc) is 3.06. The van der Waals surface area contributed by atoms with E-state index in [4.69, 9.17) is 29.2 Å². The molecular formula is C38H54O7. The highest BCUT2D eigenvalue weighted by atomic mass is 16.5. The fraction of sp³-hybridized carbons (Fsp3) is 0.553. The molecule has 1 aliphatic carbocycles. The van der Waals surface area contributed by atoms with Crippen LogP contribution in [0.2, 0.25) is 0 Å². The molecule has 0 amide bonds. The number of carbonyl (C=O) groups excluding carboxylic acids is 1. The number of carbonyl (C=O) groups is 1. The molecule has 3 rings (SSSR count). The maximum Gasteiger partial charge on any atom is 0.185 e. The Bertz CT molecular complexity index is 1130. The van der Waals surface area contributed by atoms with Crippen LogP contribution in [0.1, 0.15) is 107 Å². The Balaban J connectivity index is 1.56. The maximum absolute atomic E-state index is 13.5. The average molecular weight is 623 g/mol. The molecule has 0 aliphatic heterocycles. The molecule has 1 fully saturated rings. The molecule has 1 aliphatic rings. The summed E-state index contributed by atoms with van der Waals surface area (Å²) < 4.78 is 23.2. The molecule has 0 saturated heterocycles. The molecule has 2 N–H and O–H groups in total. The summed E-state index contributed by atoms with van der Waals surface area (Å²) in [4.78, 5) is 13.5. The van der Waals surface area contributed by atoms with Crippen molar-refractivity contribution in [1.82, 2.24) is 0 Å². The highest BCUT2D eigenvalue weighted by Gasteiger charge is 2.21. The van der Waals surface area contributed by atoms with Gasteiger partial charge in [-0.25, -0.2) is 0 Å². The topological polar surface area (TPSA) is 94.5 Å². The van der Waals surface area contributed by atoms with Crippen LogP contribution in [0.5, 0.6) is 23.0 Å². The third-order valence-corrected chi connectivity index (χ3v) is 8.15. The molecule has 0 atom stereocenters. The van der Waals surface area contributed by atoms with Gasteiger partial charge in [0.25, 0.3) is 0 Å². The Morgan fingerprint density at radius 2 is 0.978 bits per heavy atom. The summed E-state index contributed by atoms with van der Waals surface area (Å²) in [5.41, 5.74) is 3.43. The Hall–Kier alpha value is -3.29. The van der Waals surface area contributed by atoms with Crippen LogP contribution >= 0.6 is 0 Å². The lowest BCUT2D eigenvalue weighted by molar-refractivity contribution is -0.112. The van der Waals surface area contributed by atoms with Crippen molar-refractivity contribution in [2.45, 2.75) is 96.3 Å². The van der Waals surface area contributed by atoms with Gasteiger partial charge >= 0.3 is 0 Å². The van der Waals surface area contributed by atoms with E-state index in [1.165, 1.54) is 0 Å². The molecule has 1 saturated carbocycles. The van der Waals surface area contributed by atoms with Gasteiger partial charge in [-0.3, -0.25) is 4.79 Å². The molecule has 2 aromatic carbocycles. The molecule has 0 aromatic heterocycles. The molecular weight excluding hydrogens is 568 g/mol. The van der Waals surface area contributed by atoms with Crippen molar-refractivity contribution in [2.75, 3.05) is 40.6 Å². The van der Waals surface area contributed by atoms with Crippen LogP contribution in [0.3, 0.4) is 0 Å². The van der Waals surface area contributed by atoms with Crippen molar-refractivity contribution in [3.63, 3.8) is 0 Å². The molecule has 0 unspecified atom stereocenters. The third-order valence-electron chi connectivity index (χ3n) is 8.15. The van der Waals surface area contributed by atoms with Gasteiger partial charge in [0, 0.05) is 24.4 Å². The van der Waals surface area contributed by atoms with Crippen molar-refractivity contribution in [3.05, 3.63) is 58.7 Å². The zero-order chi connectivity index (χ0) is 32.1. The highest BCUT2D eigenvalue weighted by Crippen LogP contribution is 2.34. The number of hydrogen-bond donors (Lipinski definition) is 2. The van der Waals surface area contributed by atoms with Gasteiger partial charge in [0.15, 0.2) is 28.8 Å². The number of methoxy groups -OCH3 is 2. The summed E-state index contributed by atoms with van der Waals surface area (Å²) in [7, 11) is 3.28. The van der Waals surface area contributed by atoms with Crippen molar-refractivity contribution in [2.24, 2.45) is 0 Å². The first-order valence-electron chi connectivity index (χ1n) is 16.9. The third kappa shape index (κ3) is 12.9. The Kier molecular flexibility index (Phi) is 17.2. The number of aliphatic hydroxyl groups excluding tert-OH is 2. The minimum atomic E-state index is 0.0813. The summed E-state index contributed by atoms with van der Waals surface area (Å²) in [5.74, 6) is 2.84. The first-order valence-corrected chi connectivity index (χ1v) is 16.9. The van der Waals surface area contributed by atoms with Crippen LogP contribution in [0.25, 0.3) is 12.2 Å². The first-order chi connectivity index (χ1) is 22.1. The van der Waals surface area contributed by atoms with E-state index in [1.807, 2.05) is 48.6 Å². The van der Waals surface area contributed by atoms with Crippen molar-refractivity contribution in [3.8, 4) is 23.0 Å². The second-order valence-electron chi connectivity index (χ2n) is 11.7. The van der Waals surface area contributed by atoms with Gasteiger partial charge in [-0.05, 0) is 92.5 Å². The SMILES string of the molecule is COc1cc(/C=C2\CCC/C(=C\c3ccc(OCCCCCCCCO)c(OC)c3)C2=O)ccc1OCCCCCCCCO. The zero-order valence-corrected chi connectivity index (χ0v) is 27.5. The molecule has 7 heteroatoms. The van der Waals surface area contributed by atoms with Gasteiger partial charge in [-0.15, -0.1) is 0 Å². The minimum absolute atomic E-state index is 0.0813. The monoisotopic (exact) mass is 622 g/mol. The van der Waals surface area contributed by atoms with E-state index in [-0.39, 0.29) is 19.0 Å². The molecule has 248 valence electrons. The smallest absolute Gasteiger partial charge is 0.185 e. The predicted octanol–water partition coefficient (Wildman–Crippen LogP) is 8.35. The summed E-state index contributed by atoms with van der Waals surface area (Å²) in [6.45, 7) is 1.82. The van der Waals surface area contributed by atoms with Crippen LogP contribution in [0, 0.1) is 0 Å². The number of aliphatic hydroxyl groups is 2. The largest absolute Gasteiger partial charge is 0.493 e. The molecule has 0 radical (unpaired) electrons. The zero-order valence-electron chi connectivity index (χ0n) is 27.5. The van der Waals surface area contributed by atoms with Crippen LogP contribution in [-0.4, -0.2) is 56.6 Å². The molecule has 0 bridgehead atoms. The number of benzene rings is 2. The van der Waals surface area contributed by atoms with Crippen LogP contribution in [0.15, 0.2) is 47.5 Å². The Labute approximate surface area is 270 Å². The quantitative estimate of drug-likeness (QED) is 0.101. The number of ketones is 1. The number of allylic oxidation sites excluding steroid dienone is 2. The summed E-state index contributed by atoms with van der Waals surface area (Å²) in [6, 6.07) is 11.7. The van der Waals surface area contributed by atoms with Gasteiger partial charge in [0.1, 0.15) is 0 Å². The number of rotatable bonds is 22. The minimum Gasteiger partial charge on any atom is -0.493 e. The maximum atomic E-state index is 13.5. The van der Waals surface area contributed by atoms with Gasteiger partial charge in [-0.1, -0.05) is 63.5 Å². The van der Waals surface area contributed by atoms with E-state index in [9.17, 15) is 4.79 Å². The number of Topliss-reactive ketones (excluding diaryl/α,β-unsaturated/α-hetero) is 1. The lowest BCUT2D eigenvalue weighted by atomic mass is 9.87. The lowest BCUT2D eigenvalue weighted by Crippen LogP contribution is -2.12. The van der Waals surface area contributed by atoms with E-state index >= 15 is 0 Å². The van der Waals surface area contributed by atoms with Crippen LogP contribution in [-0.2, 0) is 4.79 Å². The summed E-state index contributed by atoms with van der Waals surface area (Å²) >= 11 is 0. The van der Waals surface area contributed by atoms with E-state index in [1.54, 1.807) is 14.2 Å². The number of hydrogen-bond acceptors (Lipinski definition) is 7. The summed E-state index contributed by atoms with van der Waals surface area (Å²) in [5, 5.41) is 17.8. The Morgan fingerprint density at radius 3 is 1.38 bits per heavy atom. The predicted molar refractivity (Wildman–Crippen MR) is 181 cm³/mol. The van der Waals surface area contributed by atoms with Gasteiger partial charge < -0.3 is 29.2 Å². The first kappa shape index (κ1) is 36.2. The van der Waals surface area contributed by atoms with Crippen LogP contribution in [0.4, 0.5) is 0 Å². The van der Waals surface area contributed by atoms with E-state index < -0.39 is 0 Å². The molecule has 0 spiro atoms. The number of unbranched alkanes of at least 4 members (excludes halogenated alkanes) is 10. The molecule has 2 aromatic rings. The highest BCUT2D eigenvalue weighted by molar-refractivity contribution is 6.14. The van der Waals surface area contributed by atoms with E-state index in [0.717, 1.165) is 119 Å². The standard InChI is InChI=1S/C38H54O7/c1-42-36-28-30(18-20-34(36)44-24-13-9-5-3-7-11-22-39)26-32-16-15-17-33(38(32)41)27-31-19-21-35(37(29-31)43-2)45-25-14-10-6-4-8-12-23-40/h18-21,26-29,39-40H,3-17,22-25H2,1-2H3/b32-26+,33-27+. The van der Waals surface area contributed by atoms with Crippen molar-refractivity contribution < 1.29 is 34.0 Å². The molecule has 7 nitrogen and oxygen atoms in total. The second kappa shape index (κ2) is 21.4. The van der Waals surface area contributed by atoms with Crippen molar-refractivity contribution >= 4 is 17.9 Å². The second-order valence-corrected chi connectivity index (χ2v) is 11.7. The molecule has 0 heterocycles. The Morgan fingerprint density at radius 1 is 0.578 bits per heavy atom.